The number of aromatic nitrogens is 1. The molecule has 3 heterocycles. The van der Waals surface area contributed by atoms with Gasteiger partial charge in [-0.15, -0.1) is 0 Å². The summed E-state index contributed by atoms with van der Waals surface area (Å²) in [4.78, 5) is 47.0. The van der Waals surface area contributed by atoms with Crippen molar-refractivity contribution in [3.05, 3.63) is 126 Å². The fourth-order valence-corrected chi connectivity index (χ4v) is 6.54. The lowest BCUT2D eigenvalue weighted by atomic mass is 9.93. The monoisotopic (exact) mass is 627 g/mol. The third kappa shape index (κ3) is 6.11. The van der Waals surface area contributed by atoms with E-state index in [0.717, 1.165) is 37.1 Å². The van der Waals surface area contributed by atoms with Gasteiger partial charge in [-0.2, -0.15) is 0 Å². The molecular formula is C34H30ClN3O5S. The molecule has 10 heteroatoms. The van der Waals surface area contributed by atoms with Gasteiger partial charge in [0.2, 0.25) is 0 Å². The molecule has 6 rings (SSSR count). The number of hydrogen-bond acceptors (Lipinski definition) is 7. The van der Waals surface area contributed by atoms with E-state index >= 15 is 0 Å². The molecule has 2 aliphatic heterocycles. The summed E-state index contributed by atoms with van der Waals surface area (Å²) in [6.45, 7) is 3.48. The fourth-order valence-electron chi connectivity index (χ4n) is 5.42. The van der Waals surface area contributed by atoms with E-state index < -0.39 is 12.0 Å². The predicted molar refractivity (Wildman–Crippen MR) is 170 cm³/mol. The van der Waals surface area contributed by atoms with Crippen molar-refractivity contribution in [2.24, 2.45) is 4.99 Å². The molecule has 1 atom stereocenters. The van der Waals surface area contributed by atoms with Crippen LogP contribution in [0.5, 0.6) is 5.75 Å². The zero-order valence-electron chi connectivity index (χ0n) is 24.1. The lowest BCUT2D eigenvalue weighted by molar-refractivity contribution is -0.139. The Hall–Kier alpha value is -4.47. The highest BCUT2D eigenvalue weighted by molar-refractivity contribution is 7.07. The van der Waals surface area contributed by atoms with E-state index in [2.05, 4.69) is 0 Å². The zero-order valence-corrected chi connectivity index (χ0v) is 25.6. The fraction of sp³-hybridized carbons (Fsp3) is 0.235. The molecule has 8 nitrogen and oxygen atoms in total. The number of likely N-dealkylation sites (tertiary alicyclic amines) is 1. The van der Waals surface area contributed by atoms with E-state index in [-0.39, 0.29) is 30.3 Å². The quantitative estimate of drug-likeness (QED) is 0.267. The number of thiazole rings is 1. The maximum atomic E-state index is 14.0. The Kier molecular flexibility index (Phi) is 8.77. The highest BCUT2D eigenvalue weighted by Gasteiger charge is 2.35. The minimum Gasteiger partial charge on any atom is -0.484 e. The molecule has 0 N–H and O–H groups in total. The second-order valence-corrected chi connectivity index (χ2v) is 11.9. The summed E-state index contributed by atoms with van der Waals surface area (Å²) < 4.78 is 13.2. The average molecular weight is 628 g/mol. The summed E-state index contributed by atoms with van der Waals surface area (Å²) in [5.74, 6) is 0.0219. The van der Waals surface area contributed by atoms with E-state index in [1.807, 2.05) is 59.5 Å². The van der Waals surface area contributed by atoms with Gasteiger partial charge in [-0.3, -0.25) is 14.2 Å². The molecule has 224 valence electrons. The van der Waals surface area contributed by atoms with Crippen LogP contribution in [0.1, 0.15) is 42.5 Å². The number of fused-ring (bicyclic) bond motifs is 1. The Balaban J connectivity index is 1.40. The number of carbonyl (C=O) groups is 2. The third-order valence-corrected chi connectivity index (χ3v) is 8.79. The Bertz CT molecular complexity index is 1890. The first-order chi connectivity index (χ1) is 21.4. The molecule has 3 aromatic carbocycles. The number of halogens is 1. The first-order valence-electron chi connectivity index (χ1n) is 14.5. The molecular weight excluding hydrogens is 598 g/mol. The predicted octanol–water partition coefficient (Wildman–Crippen LogP) is 4.59. The van der Waals surface area contributed by atoms with Crippen molar-refractivity contribution in [3.63, 3.8) is 0 Å². The lowest BCUT2D eigenvalue weighted by Crippen LogP contribution is -2.40. The highest BCUT2D eigenvalue weighted by atomic mass is 35.5. The molecule has 4 aromatic rings. The first-order valence-corrected chi connectivity index (χ1v) is 15.7. The topological polar surface area (TPSA) is 90.2 Å². The van der Waals surface area contributed by atoms with Crippen LogP contribution in [0.15, 0.2) is 94.2 Å². The average Bonchev–Trinajstić information content (AvgIpc) is 3.69. The van der Waals surface area contributed by atoms with E-state index in [9.17, 15) is 14.4 Å². The van der Waals surface area contributed by atoms with Gasteiger partial charge in [0.25, 0.3) is 11.5 Å². The van der Waals surface area contributed by atoms with Crippen LogP contribution in [0, 0.1) is 0 Å². The number of benzene rings is 3. The number of rotatable bonds is 8. The molecule has 1 saturated heterocycles. The van der Waals surface area contributed by atoms with E-state index in [1.54, 1.807) is 41.8 Å². The van der Waals surface area contributed by atoms with Gasteiger partial charge in [0.15, 0.2) is 11.4 Å². The number of hydrogen-bond donors (Lipinski definition) is 0. The number of ether oxygens (including phenoxy) is 2. The van der Waals surface area contributed by atoms with Crippen LogP contribution in [0.3, 0.4) is 0 Å². The van der Waals surface area contributed by atoms with Gasteiger partial charge < -0.3 is 14.4 Å². The van der Waals surface area contributed by atoms with Gasteiger partial charge in [0, 0.05) is 23.7 Å². The Morgan fingerprint density at radius 3 is 2.39 bits per heavy atom. The second kappa shape index (κ2) is 13.0. The standard InChI is InChI=1S/C34H30ClN3O5S/c1-2-42-33(41)29-30(23-8-4-3-5-9-23)36-34-38(31(29)24-12-14-25(35)15-13-24)32(40)27(44-34)20-22-10-16-26(17-11-22)43-21-28(39)37-18-6-7-19-37/h3-5,8-17,20,31H,2,6-7,18-19,21H2,1H3/b27-20+/t31-/m1/s1. The van der Waals surface area contributed by atoms with E-state index in [4.69, 9.17) is 26.1 Å². The van der Waals surface area contributed by atoms with Gasteiger partial charge in [0.05, 0.1) is 28.5 Å². The summed E-state index contributed by atoms with van der Waals surface area (Å²) in [6.07, 6.45) is 3.85. The van der Waals surface area contributed by atoms with Crippen LogP contribution in [0.2, 0.25) is 5.02 Å². The van der Waals surface area contributed by atoms with Crippen LogP contribution in [-0.2, 0) is 14.3 Å². The van der Waals surface area contributed by atoms with Crippen molar-refractivity contribution in [2.45, 2.75) is 25.8 Å². The van der Waals surface area contributed by atoms with Crippen LogP contribution in [0.25, 0.3) is 11.8 Å². The number of carbonyl (C=O) groups excluding carboxylic acids is 2. The van der Waals surface area contributed by atoms with Gasteiger partial charge in [-0.1, -0.05) is 77.5 Å². The maximum Gasteiger partial charge on any atom is 0.338 e. The molecule has 1 amide bonds. The number of nitrogens with zero attached hydrogens (tertiary/aromatic N) is 3. The van der Waals surface area contributed by atoms with Crippen molar-refractivity contribution in [2.75, 3.05) is 26.3 Å². The normalized spacial score (nSPS) is 16.5. The maximum absolute atomic E-state index is 14.0. The van der Waals surface area contributed by atoms with Crippen molar-refractivity contribution < 1.29 is 19.1 Å². The highest BCUT2D eigenvalue weighted by Crippen LogP contribution is 2.35. The molecule has 0 unspecified atom stereocenters. The van der Waals surface area contributed by atoms with E-state index in [1.165, 1.54) is 11.3 Å². The van der Waals surface area contributed by atoms with Crippen molar-refractivity contribution in [1.29, 1.82) is 0 Å². The van der Waals surface area contributed by atoms with Crippen molar-refractivity contribution >= 4 is 46.6 Å². The molecule has 1 fully saturated rings. The Morgan fingerprint density at radius 2 is 1.70 bits per heavy atom. The van der Waals surface area contributed by atoms with E-state index in [0.29, 0.717) is 31.4 Å². The summed E-state index contributed by atoms with van der Waals surface area (Å²) in [5, 5.41) is 0.541. The van der Waals surface area contributed by atoms with Crippen LogP contribution in [0.4, 0.5) is 0 Å². The molecule has 0 radical (unpaired) electrons. The number of esters is 1. The Morgan fingerprint density at radius 1 is 1.00 bits per heavy atom. The zero-order chi connectivity index (χ0) is 30.6. The second-order valence-electron chi connectivity index (χ2n) is 10.4. The van der Waals surface area contributed by atoms with Gasteiger partial charge >= 0.3 is 5.97 Å². The summed E-state index contributed by atoms with van der Waals surface area (Å²) in [5.41, 5.74) is 2.69. The minimum atomic E-state index is -0.774. The van der Waals surface area contributed by atoms with Crippen LogP contribution < -0.4 is 19.6 Å². The molecule has 1 aromatic heterocycles. The lowest BCUT2D eigenvalue weighted by Gasteiger charge is -2.25. The molecule has 2 aliphatic rings. The Labute approximate surface area is 263 Å². The van der Waals surface area contributed by atoms with Gasteiger partial charge in [0.1, 0.15) is 5.75 Å². The minimum absolute atomic E-state index is 0.00477. The van der Waals surface area contributed by atoms with Gasteiger partial charge in [-0.25, -0.2) is 9.79 Å². The summed E-state index contributed by atoms with van der Waals surface area (Å²) in [7, 11) is 0. The van der Waals surface area contributed by atoms with Crippen molar-refractivity contribution in [1.82, 2.24) is 9.47 Å². The van der Waals surface area contributed by atoms with Crippen molar-refractivity contribution in [3.8, 4) is 5.75 Å². The van der Waals surface area contributed by atoms with Gasteiger partial charge in [-0.05, 0) is 61.2 Å². The first kappa shape index (κ1) is 29.6. The molecule has 0 bridgehead atoms. The van der Waals surface area contributed by atoms with Crippen LogP contribution in [-0.4, -0.2) is 47.6 Å². The smallest absolute Gasteiger partial charge is 0.338 e. The third-order valence-electron chi connectivity index (χ3n) is 7.56. The molecule has 0 aliphatic carbocycles. The number of amides is 1. The van der Waals surface area contributed by atoms with Crippen LogP contribution >= 0.6 is 22.9 Å². The summed E-state index contributed by atoms with van der Waals surface area (Å²) >= 11 is 7.46. The molecule has 0 spiro atoms. The SMILES string of the molecule is CCOC(=O)C1=C(c2ccccc2)N=c2s/c(=C/c3ccc(OCC(=O)N4CCCC4)cc3)c(=O)n2[C@@H]1c1ccc(Cl)cc1. The largest absolute Gasteiger partial charge is 0.484 e. The summed E-state index contributed by atoms with van der Waals surface area (Å²) in [6, 6.07) is 23.0. The molecule has 44 heavy (non-hydrogen) atoms. The molecule has 0 saturated carbocycles.